The summed E-state index contributed by atoms with van der Waals surface area (Å²) < 4.78 is 18.5. The Balaban J connectivity index is 3.18. The first-order valence-corrected chi connectivity index (χ1v) is 5.12. The van der Waals surface area contributed by atoms with E-state index in [9.17, 15) is 4.39 Å². The molecule has 1 aromatic carbocycles. The van der Waals surface area contributed by atoms with E-state index in [1.54, 1.807) is 6.92 Å². The van der Waals surface area contributed by atoms with Crippen molar-refractivity contribution in [1.29, 1.82) is 0 Å². The molecule has 1 aromatic rings. The second-order valence-corrected chi connectivity index (χ2v) is 3.71. The molecule has 2 nitrogen and oxygen atoms in total. The largest absolute Gasteiger partial charge is 0.495 e. The zero-order chi connectivity index (χ0) is 11.4. The zero-order valence-corrected chi connectivity index (χ0v) is 9.57. The Kier molecular flexibility index (Phi) is 4.36. The molecule has 0 aliphatic heterocycles. The molecule has 1 rings (SSSR count). The van der Waals surface area contributed by atoms with Crippen LogP contribution in [0.25, 0.3) is 0 Å². The highest BCUT2D eigenvalue weighted by Gasteiger charge is 2.14. The van der Waals surface area contributed by atoms with E-state index in [0.29, 0.717) is 24.2 Å². The number of rotatable bonds is 4. The first-order chi connectivity index (χ1) is 7.11. The fourth-order valence-electron chi connectivity index (χ4n) is 1.52. The first-order valence-electron chi connectivity index (χ1n) is 4.74. The summed E-state index contributed by atoms with van der Waals surface area (Å²) in [7, 11) is 1.50. The van der Waals surface area contributed by atoms with Gasteiger partial charge in [0.2, 0.25) is 0 Å². The van der Waals surface area contributed by atoms with Crippen molar-refractivity contribution in [3.8, 4) is 5.75 Å². The van der Waals surface area contributed by atoms with Gasteiger partial charge in [0.1, 0.15) is 11.6 Å². The van der Waals surface area contributed by atoms with Gasteiger partial charge in [0.25, 0.3) is 0 Å². The van der Waals surface area contributed by atoms with E-state index in [-0.39, 0.29) is 17.4 Å². The van der Waals surface area contributed by atoms with Crippen LogP contribution in [0.3, 0.4) is 0 Å². The number of halogens is 2. The Morgan fingerprint density at radius 1 is 1.53 bits per heavy atom. The standard InChI is InChI=1S/C11H14ClFO2/c1-7-8(4-3-5-14)11(15-2)9(12)6-10(7)13/h6,14H,3-5H2,1-2H3. The third kappa shape index (κ3) is 2.61. The van der Waals surface area contributed by atoms with Gasteiger partial charge in [-0.25, -0.2) is 4.39 Å². The number of hydrogen-bond acceptors (Lipinski definition) is 2. The van der Waals surface area contributed by atoms with Crippen molar-refractivity contribution >= 4 is 11.6 Å². The minimum Gasteiger partial charge on any atom is -0.495 e. The monoisotopic (exact) mass is 232 g/mol. The van der Waals surface area contributed by atoms with Gasteiger partial charge in [0.05, 0.1) is 12.1 Å². The van der Waals surface area contributed by atoms with Crippen LogP contribution in [0.2, 0.25) is 5.02 Å². The molecular weight excluding hydrogens is 219 g/mol. The molecule has 0 saturated carbocycles. The maximum absolute atomic E-state index is 13.4. The molecule has 0 heterocycles. The van der Waals surface area contributed by atoms with Gasteiger partial charge in [-0.1, -0.05) is 11.6 Å². The van der Waals surface area contributed by atoms with E-state index in [1.165, 1.54) is 13.2 Å². The molecule has 0 aliphatic rings. The molecule has 0 atom stereocenters. The molecular formula is C11H14ClFO2. The molecule has 0 fully saturated rings. The molecule has 0 saturated heterocycles. The van der Waals surface area contributed by atoms with Crippen LogP contribution < -0.4 is 4.74 Å². The topological polar surface area (TPSA) is 29.5 Å². The van der Waals surface area contributed by atoms with Gasteiger partial charge in [-0.05, 0) is 31.4 Å². The number of benzene rings is 1. The van der Waals surface area contributed by atoms with Gasteiger partial charge in [-0.15, -0.1) is 0 Å². The number of ether oxygens (including phenoxy) is 1. The van der Waals surface area contributed by atoms with Crippen LogP contribution in [0.1, 0.15) is 17.5 Å². The molecule has 15 heavy (non-hydrogen) atoms. The molecule has 0 aliphatic carbocycles. The lowest BCUT2D eigenvalue weighted by atomic mass is 10.0. The predicted octanol–water partition coefficient (Wildman–Crippen LogP) is 2.72. The van der Waals surface area contributed by atoms with Crippen LogP contribution in [0.15, 0.2) is 6.07 Å². The quantitative estimate of drug-likeness (QED) is 0.865. The fourth-order valence-corrected chi connectivity index (χ4v) is 1.81. The van der Waals surface area contributed by atoms with Crippen LogP contribution >= 0.6 is 11.6 Å². The highest BCUT2D eigenvalue weighted by atomic mass is 35.5. The second kappa shape index (κ2) is 5.33. The molecule has 4 heteroatoms. The average Bonchev–Trinajstić information content (AvgIpc) is 2.21. The third-order valence-electron chi connectivity index (χ3n) is 2.34. The maximum Gasteiger partial charge on any atom is 0.141 e. The second-order valence-electron chi connectivity index (χ2n) is 3.30. The van der Waals surface area contributed by atoms with Crippen LogP contribution in [0.4, 0.5) is 4.39 Å². The van der Waals surface area contributed by atoms with Crippen LogP contribution in [0.5, 0.6) is 5.75 Å². The molecule has 1 N–H and O–H groups in total. The molecule has 0 radical (unpaired) electrons. The van der Waals surface area contributed by atoms with Gasteiger partial charge < -0.3 is 9.84 Å². The highest BCUT2D eigenvalue weighted by molar-refractivity contribution is 6.32. The van der Waals surface area contributed by atoms with E-state index in [0.717, 1.165) is 5.56 Å². The average molecular weight is 233 g/mol. The molecule has 0 bridgehead atoms. The van der Waals surface area contributed by atoms with Crippen molar-refractivity contribution in [3.63, 3.8) is 0 Å². The predicted molar refractivity (Wildman–Crippen MR) is 58.1 cm³/mol. The summed E-state index contributed by atoms with van der Waals surface area (Å²) in [6.45, 7) is 1.75. The molecule has 0 amide bonds. The van der Waals surface area contributed by atoms with Crippen LogP contribution in [0, 0.1) is 12.7 Å². The van der Waals surface area contributed by atoms with Gasteiger partial charge in [0.15, 0.2) is 0 Å². The zero-order valence-electron chi connectivity index (χ0n) is 8.81. The minimum atomic E-state index is -0.339. The van der Waals surface area contributed by atoms with E-state index >= 15 is 0 Å². The van der Waals surface area contributed by atoms with E-state index < -0.39 is 0 Å². The third-order valence-corrected chi connectivity index (χ3v) is 2.63. The van der Waals surface area contributed by atoms with Gasteiger partial charge >= 0.3 is 0 Å². The molecule has 0 unspecified atom stereocenters. The number of methoxy groups -OCH3 is 1. The van der Waals surface area contributed by atoms with Gasteiger partial charge in [-0.3, -0.25) is 0 Å². The summed E-state index contributed by atoms with van der Waals surface area (Å²) in [5.74, 6) is 0.165. The summed E-state index contributed by atoms with van der Waals surface area (Å²) in [5.41, 5.74) is 1.27. The highest BCUT2D eigenvalue weighted by Crippen LogP contribution is 2.33. The van der Waals surface area contributed by atoms with E-state index in [4.69, 9.17) is 21.4 Å². The summed E-state index contributed by atoms with van der Waals surface area (Å²) >= 11 is 5.86. The van der Waals surface area contributed by atoms with Crippen molar-refractivity contribution in [2.24, 2.45) is 0 Å². The van der Waals surface area contributed by atoms with E-state index in [2.05, 4.69) is 0 Å². The van der Waals surface area contributed by atoms with Crippen molar-refractivity contribution in [1.82, 2.24) is 0 Å². The van der Waals surface area contributed by atoms with Crippen molar-refractivity contribution in [2.45, 2.75) is 19.8 Å². The first kappa shape index (κ1) is 12.3. The number of aliphatic hydroxyl groups is 1. The van der Waals surface area contributed by atoms with E-state index in [1.807, 2.05) is 0 Å². The van der Waals surface area contributed by atoms with Gasteiger partial charge in [-0.2, -0.15) is 0 Å². The summed E-state index contributed by atoms with van der Waals surface area (Å²) in [5, 5.41) is 9.02. The van der Waals surface area contributed by atoms with Crippen molar-refractivity contribution in [2.75, 3.05) is 13.7 Å². The Hall–Kier alpha value is -0.800. The lowest BCUT2D eigenvalue weighted by Crippen LogP contribution is -2.00. The SMILES string of the molecule is COc1c(Cl)cc(F)c(C)c1CCCO. The maximum atomic E-state index is 13.4. The molecule has 0 spiro atoms. The van der Waals surface area contributed by atoms with Crippen LogP contribution in [-0.2, 0) is 6.42 Å². The van der Waals surface area contributed by atoms with Crippen molar-refractivity contribution in [3.05, 3.63) is 28.0 Å². The summed E-state index contributed by atoms with van der Waals surface area (Å²) in [6.07, 6.45) is 1.12. The smallest absolute Gasteiger partial charge is 0.141 e. The summed E-state index contributed by atoms with van der Waals surface area (Å²) in [6, 6.07) is 1.25. The van der Waals surface area contributed by atoms with Crippen molar-refractivity contribution < 1.29 is 14.2 Å². The fraction of sp³-hybridized carbons (Fsp3) is 0.455. The Labute approximate surface area is 93.6 Å². The Morgan fingerprint density at radius 2 is 2.20 bits per heavy atom. The minimum absolute atomic E-state index is 0.0662. The number of aliphatic hydroxyl groups excluding tert-OH is 1. The lowest BCUT2D eigenvalue weighted by Gasteiger charge is -2.13. The summed E-state index contributed by atoms with van der Waals surface area (Å²) in [4.78, 5) is 0. The lowest BCUT2D eigenvalue weighted by molar-refractivity contribution is 0.287. The number of hydrogen-bond donors (Lipinski definition) is 1. The Morgan fingerprint density at radius 3 is 2.73 bits per heavy atom. The molecule has 0 aromatic heterocycles. The van der Waals surface area contributed by atoms with Crippen LogP contribution in [-0.4, -0.2) is 18.8 Å². The van der Waals surface area contributed by atoms with Gasteiger partial charge in [0, 0.05) is 12.2 Å². The Bertz CT molecular complexity index is 353. The molecule has 84 valence electrons. The normalized spacial score (nSPS) is 10.5.